The fourth-order valence-corrected chi connectivity index (χ4v) is 5.17. The van der Waals surface area contributed by atoms with E-state index in [1.807, 2.05) is 30.3 Å². The van der Waals surface area contributed by atoms with E-state index >= 15 is 0 Å². The van der Waals surface area contributed by atoms with Crippen LogP contribution in [0.2, 0.25) is 0 Å². The molecule has 1 aliphatic rings. The zero-order valence-corrected chi connectivity index (χ0v) is 19.9. The minimum atomic E-state index is -3.44. The molecule has 34 heavy (non-hydrogen) atoms. The highest BCUT2D eigenvalue weighted by molar-refractivity contribution is 7.90. The van der Waals surface area contributed by atoms with E-state index in [0.29, 0.717) is 11.3 Å². The molecule has 5 rings (SSSR count). The molecule has 0 radical (unpaired) electrons. The molecule has 1 unspecified atom stereocenters. The lowest BCUT2D eigenvalue weighted by molar-refractivity contribution is 0.108. The summed E-state index contributed by atoms with van der Waals surface area (Å²) in [6.07, 6.45) is 5.73. The minimum Gasteiger partial charge on any atom is -0.380 e. The maximum atomic E-state index is 12.6. The highest BCUT2D eigenvalue weighted by atomic mass is 32.2. The maximum Gasteiger partial charge on any atom is 0.241 e. The van der Waals surface area contributed by atoms with Crippen molar-refractivity contribution in [2.75, 3.05) is 5.32 Å². The van der Waals surface area contributed by atoms with Crippen LogP contribution in [0.25, 0.3) is 21.8 Å². The second-order valence-corrected chi connectivity index (χ2v) is 11.3. The Morgan fingerprint density at radius 1 is 1.12 bits per heavy atom. The molecule has 2 aromatic carbocycles. The molecule has 1 fully saturated rings. The summed E-state index contributed by atoms with van der Waals surface area (Å²) >= 11 is 0. The van der Waals surface area contributed by atoms with Crippen LogP contribution in [-0.4, -0.2) is 38.8 Å². The Morgan fingerprint density at radius 3 is 2.68 bits per heavy atom. The minimum absolute atomic E-state index is 0.286. The van der Waals surface area contributed by atoms with Gasteiger partial charge in [0.2, 0.25) is 10.0 Å². The number of benzene rings is 2. The standard InChI is InChI=1S/C26H26N4O3S/c1-17(2)34(32,33)30-13-12-20-15-21(8-10-24(20)30)29-26-22-14-18(6-9-23(22)27-16-28-26)7-11-25(31)19-4-3-5-19/h6,8-10,12-17,19,25,31H,3-5H2,1-2H3,(H,27,28,29). The van der Waals surface area contributed by atoms with E-state index in [1.54, 1.807) is 32.2 Å². The van der Waals surface area contributed by atoms with E-state index in [1.165, 1.54) is 10.3 Å². The first-order valence-electron chi connectivity index (χ1n) is 11.4. The van der Waals surface area contributed by atoms with Gasteiger partial charge in [-0.3, -0.25) is 0 Å². The molecule has 0 aliphatic heterocycles. The van der Waals surface area contributed by atoms with Crippen molar-refractivity contribution in [3.63, 3.8) is 0 Å². The Bertz CT molecular complexity index is 1540. The third-order valence-electron chi connectivity index (χ3n) is 6.38. The molecule has 0 bridgehead atoms. The van der Waals surface area contributed by atoms with Crippen molar-refractivity contribution < 1.29 is 13.5 Å². The first-order chi connectivity index (χ1) is 16.3. The fourth-order valence-electron chi connectivity index (χ4n) is 4.05. The second kappa shape index (κ2) is 8.75. The van der Waals surface area contributed by atoms with Gasteiger partial charge in [-0.2, -0.15) is 0 Å². The maximum absolute atomic E-state index is 12.6. The Kier molecular flexibility index (Phi) is 5.76. The molecular weight excluding hydrogens is 448 g/mol. The summed E-state index contributed by atoms with van der Waals surface area (Å²) in [5.74, 6) is 6.97. The van der Waals surface area contributed by atoms with Crippen LogP contribution in [0.5, 0.6) is 0 Å². The highest BCUT2D eigenvalue weighted by Crippen LogP contribution is 2.30. The Balaban J connectivity index is 1.46. The van der Waals surface area contributed by atoms with Crippen molar-refractivity contribution in [2.45, 2.75) is 44.5 Å². The van der Waals surface area contributed by atoms with Crippen LogP contribution in [0.3, 0.4) is 0 Å². The van der Waals surface area contributed by atoms with Crippen molar-refractivity contribution in [1.29, 1.82) is 0 Å². The number of nitrogens with one attached hydrogen (secondary N) is 1. The number of aliphatic hydroxyl groups excluding tert-OH is 1. The highest BCUT2D eigenvalue weighted by Gasteiger charge is 2.24. The Labute approximate surface area is 198 Å². The van der Waals surface area contributed by atoms with Crippen LogP contribution in [0.15, 0.2) is 55.0 Å². The third-order valence-corrected chi connectivity index (χ3v) is 8.44. The second-order valence-electron chi connectivity index (χ2n) is 8.96. The SMILES string of the molecule is CC(C)S(=O)(=O)n1ccc2cc(Nc3ncnc4ccc(C#CC(O)C5CCC5)cc34)ccc21. The van der Waals surface area contributed by atoms with Crippen LogP contribution in [0.4, 0.5) is 11.5 Å². The Morgan fingerprint density at radius 2 is 1.94 bits per heavy atom. The van der Waals surface area contributed by atoms with Gasteiger partial charge in [-0.15, -0.1) is 0 Å². The van der Waals surface area contributed by atoms with Crippen LogP contribution >= 0.6 is 0 Å². The molecule has 0 saturated heterocycles. The monoisotopic (exact) mass is 474 g/mol. The average Bonchev–Trinajstić information content (AvgIpc) is 3.21. The zero-order valence-electron chi connectivity index (χ0n) is 19.1. The summed E-state index contributed by atoms with van der Waals surface area (Å²) < 4.78 is 26.6. The molecule has 7 nitrogen and oxygen atoms in total. The lowest BCUT2D eigenvalue weighted by atomic mass is 9.81. The number of anilines is 2. The topological polar surface area (TPSA) is 97.1 Å². The van der Waals surface area contributed by atoms with E-state index in [2.05, 4.69) is 27.1 Å². The Hall–Kier alpha value is -3.41. The van der Waals surface area contributed by atoms with E-state index in [0.717, 1.165) is 46.8 Å². The third kappa shape index (κ3) is 4.13. The van der Waals surface area contributed by atoms with Crippen LogP contribution < -0.4 is 5.32 Å². The molecule has 2 aromatic heterocycles. The first kappa shape index (κ1) is 22.4. The molecule has 174 valence electrons. The van der Waals surface area contributed by atoms with Crippen molar-refractivity contribution in [1.82, 2.24) is 13.9 Å². The van der Waals surface area contributed by atoms with Crippen molar-refractivity contribution in [3.05, 3.63) is 60.6 Å². The molecule has 8 heteroatoms. The summed E-state index contributed by atoms with van der Waals surface area (Å²) in [6, 6.07) is 13.0. The molecule has 1 saturated carbocycles. The number of fused-ring (bicyclic) bond motifs is 2. The number of hydrogen-bond donors (Lipinski definition) is 2. The molecule has 0 amide bonds. The van der Waals surface area contributed by atoms with Crippen molar-refractivity contribution in [2.24, 2.45) is 5.92 Å². The zero-order chi connectivity index (χ0) is 23.9. The molecule has 0 spiro atoms. The van der Waals surface area contributed by atoms with Gasteiger partial charge in [-0.05, 0) is 75.1 Å². The van der Waals surface area contributed by atoms with Gasteiger partial charge in [-0.25, -0.2) is 22.4 Å². The predicted molar refractivity (Wildman–Crippen MR) is 134 cm³/mol. The number of rotatable bonds is 5. The van der Waals surface area contributed by atoms with Gasteiger partial charge in [0.1, 0.15) is 18.2 Å². The van der Waals surface area contributed by atoms with Gasteiger partial charge < -0.3 is 10.4 Å². The molecule has 1 aliphatic carbocycles. The van der Waals surface area contributed by atoms with Gasteiger partial charge in [-0.1, -0.05) is 18.3 Å². The van der Waals surface area contributed by atoms with E-state index < -0.39 is 21.4 Å². The molecule has 1 atom stereocenters. The molecule has 2 heterocycles. The average molecular weight is 475 g/mol. The quantitative estimate of drug-likeness (QED) is 0.416. The first-order valence-corrected chi connectivity index (χ1v) is 12.9. The number of hydrogen-bond acceptors (Lipinski definition) is 6. The summed E-state index contributed by atoms with van der Waals surface area (Å²) in [7, 11) is -3.44. The number of aliphatic hydroxyl groups is 1. The normalized spacial score (nSPS) is 15.2. The molecule has 4 aromatic rings. The fraction of sp³-hybridized carbons (Fsp3) is 0.308. The van der Waals surface area contributed by atoms with Gasteiger partial charge >= 0.3 is 0 Å². The van der Waals surface area contributed by atoms with Crippen molar-refractivity contribution in [3.8, 4) is 11.8 Å². The summed E-state index contributed by atoms with van der Waals surface area (Å²) in [4.78, 5) is 8.76. The van der Waals surface area contributed by atoms with Crippen LogP contribution in [-0.2, 0) is 10.0 Å². The molecule has 2 N–H and O–H groups in total. The van der Waals surface area contributed by atoms with E-state index in [9.17, 15) is 13.5 Å². The van der Waals surface area contributed by atoms with E-state index in [-0.39, 0.29) is 5.92 Å². The van der Waals surface area contributed by atoms with Gasteiger partial charge in [0, 0.05) is 28.2 Å². The number of nitrogens with zero attached hydrogens (tertiary/aromatic N) is 3. The lowest BCUT2D eigenvalue weighted by Gasteiger charge is -2.26. The predicted octanol–water partition coefficient (Wildman–Crippen LogP) is 4.43. The van der Waals surface area contributed by atoms with Gasteiger partial charge in [0.15, 0.2) is 0 Å². The summed E-state index contributed by atoms with van der Waals surface area (Å²) in [6.45, 7) is 3.34. The summed E-state index contributed by atoms with van der Waals surface area (Å²) in [5, 5.41) is 14.7. The lowest BCUT2D eigenvalue weighted by Crippen LogP contribution is -2.25. The van der Waals surface area contributed by atoms with Crippen molar-refractivity contribution >= 4 is 43.3 Å². The van der Waals surface area contributed by atoms with Crippen LogP contribution in [0.1, 0.15) is 38.7 Å². The summed E-state index contributed by atoms with van der Waals surface area (Å²) in [5.41, 5.74) is 2.98. The molecular formula is C26H26N4O3S. The van der Waals surface area contributed by atoms with Gasteiger partial charge in [0.25, 0.3) is 0 Å². The van der Waals surface area contributed by atoms with Gasteiger partial charge in [0.05, 0.1) is 16.3 Å². The number of aromatic nitrogens is 3. The van der Waals surface area contributed by atoms with Crippen LogP contribution in [0, 0.1) is 17.8 Å². The van der Waals surface area contributed by atoms with E-state index in [4.69, 9.17) is 0 Å². The largest absolute Gasteiger partial charge is 0.380 e. The smallest absolute Gasteiger partial charge is 0.241 e.